The Bertz CT molecular complexity index is 824. The summed E-state index contributed by atoms with van der Waals surface area (Å²) in [5.41, 5.74) is 1.64. The highest BCUT2D eigenvalue weighted by Gasteiger charge is 2.35. The first-order valence-corrected chi connectivity index (χ1v) is 9.17. The lowest BCUT2D eigenvalue weighted by molar-refractivity contribution is 0.0664. The van der Waals surface area contributed by atoms with Gasteiger partial charge in [0.15, 0.2) is 0 Å². The van der Waals surface area contributed by atoms with Crippen molar-refractivity contribution in [1.82, 2.24) is 14.6 Å². The SMILES string of the molecule is O=C1c2ccccc2C(=O)N1CCS(=O)(=O)NCCc1cc[nH]c1. The van der Waals surface area contributed by atoms with Gasteiger partial charge in [0, 0.05) is 25.5 Å². The zero-order chi connectivity index (χ0) is 17.2. The maximum absolute atomic E-state index is 12.2. The minimum atomic E-state index is -3.56. The van der Waals surface area contributed by atoms with Gasteiger partial charge in [0.2, 0.25) is 10.0 Å². The van der Waals surface area contributed by atoms with Crippen molar-refractivity contribution in [3.8, 4) is 0 Å². The number of nitrogens with zero attached hydrogens (tertiary/aromatic N) is 1. The third-order valence-corrected chi connectivity index (χ3v) is 5.22. The number of amides is 2. The fourth-order valence-corrected chi connectivity index (χ4v) is 3.57. The molecule has 0 unspecified atom stereocenters. The van der Waals surface area contributed by atoms with E-state index in [4.69, 9.17) is 0 Å². The molecule has 2 aromatic rings. The lowest BCUT2D eigenvalue weighted by Gasteiger charge is -2.14. The molecule has 24 heavy (non-hydrogen) atoms. The topological polar surface area (TPSA) is 99.3 Å². The molecule has 0 aliphatic carbocycles. The molecule has 1 aromatic heterocycles. The van der Waals surface area contributed by atoms with Gasteiger partial charge in [-0.05, 0) is 30.2 Å². The molecule has 8 heteroatoms. The number of aromatic nitrogens is 1. The Morgan fingerprint density at radius 2 is 1.71 bits per heavy atom. The van der Waals surface area contributed by atoms with Crippen molar-refractivity contribution in [3.63, 3.8) is 0 Å². The van der Waals surface area contributed by atoms with Crippen LogP contribution in [0.2, 0.25) is 0 Å². The maximum Gasteiger partial charge on any atom is 0.261 e. The number of carbonyl (C=O) groups excluding carboxylic acids is 2. The van der Waals surface area contributed by atoms with Crippen LogP contribution in [-0.2, 0) is 16.4 Å². The van der Waals surface area contributed by atoms with E-state index >= 15 is 0 Å². The number of H-pyrrole nitrogens is 1. The lowest BCUT2D eigenvalue weighted by Crippen LogP contribution is -2.38. The smallest absolute Gasteiger partial charge is 0.261 e. The van der Waals surface area contributed by atoms with Crippen molar-refractivity contribution in [2.75, 3.05) is 18.8 Å². The van der Waals surface area contributed by atoms with Gasteiger partial charge in [0.1, 0.15) is 0 Å². The summed E-state index contributed by atoms with van der Waals surface area (Å²) >= 11 is 0. The Balaban J connectivity index is 1.55. The molecular weight excluding hydrogens is 330 g/mol. The van der Waals surface area contributed by atoms with E-state index in [2.05, 4.69) is 9.71 Å². The molecule has 2 heterocycles. The highest BCUT2D eigenvalue weighted by molar-refractivity contribution is 7.89. The molecule has 0 fully saturated rings. The second-order valence-corrected chi connectivity index (χ2v) is 7.42. The van der Waals surface area contributed by atoms with Gasteiger partial charge in [-0.1, -0.05) is 12.1 Å². The number of imide groups is 1. The second-order valence-electron chi connectivity index (χ2n) is 5.49. The lowest BCUT2D eigenvalue weighted by atomic mass is 10.1. The van der Waals surface area contributed by atoms with E-state index in [1.807, 2.05) is 6.07 Å². The summed E-state index contributed by atoms with van der Waals surface area (Å²) in [5, 5.41) is 0. The first kappa shape index (κ1) is 16.4. The molecule has 3 rings (SSSR count). The van der Waals surface area contributed by atoms with Crippen LogP contribution in [0, 0.1) is 0 Å². The molecule has 0 bridgehead atoms. The van der Waals surface area contributed by atoms with Crippen LogP contribution in [0.3, 0.4) is 0 Å². The number of hydrogen-bond donors (Lipinski definition) is 2. The van der Waals surface area contributed by atoms with Crippen LogP contribution in [0.4, 0.5) is 0 Å². The molecule has 1 aliphatic rings. The van der Waals surface area contributed by atoms with E-state index in [1.54, 1.807) is 36.7 Å². The number of carbonyl (C=O) groups is 2. The predicted octanol–water partition coefficient (Wildman–Crippen LogP) is 0.773. The first-order valence-electron chi connectivity index (χ1n) is 7.52. The van der Waals surface area contributed by atoms with Gasteiger partial charge in [-0.25, -0.2) is 13.1 Å². The maximum atomic E-state index is 12.2. The highest BCUT2D eigenvalue weighted by atomic mass is 32.2. The Kier molecular flexibility index (Phi) is 4.50. The summed E-state index contributed by atoms with van der Waals surface area (Å²) in [6, 6.07) is 8.35. The molecule has 0 saturated carbocycles. The Morgan fingerprint density at radius 3 is 2.29 bits per heavy atom. The van der Waals surface area contributed by atoms with E-state index in [0.29, 0.717) is 17.5 Å². The van der Waals surface area contributed by atoms with E-state index in [-0.39, 0.29) is 18.8 Å². The quantitative estimate of drug-likeness (QED) is 0.723. The molecule has 126 valence electrons. The summed E-state index contributed by atoms with van der Waals surface area (Å²) in [6.45, 7) is 0.105. The Hall–Kier alpha value is -2.45. The number of aromatic amines is 1. The molecular formula is C16H17N3O4S. The summed E-state index contributed by atoms with van der Waals surface area (Å²) in [4.78, 5) is 28.2. The molecule has 2 amide bonds. The average molecular weight is 347 g/mol. The Labute approximate surface area is 139 Å². The van der Waals surface area contributed by atoms with Crippen molar-refractivity contribution in [2.24, 2.45) is 0 Å². The van der Waals surface area contributed by atoms with Gasteiger partial charge in [0.25, 0.3) is 11.8 Å². The average Bonchev–Trinajstić information content (AvgIpc) is 3.15. The predicted molar refractivity (Wildman–Crippen MR) is 88.1 cm³/mol. The van der Waals surface area contributed by atoms with Crippen LogP contribution in [0.5, 0.6) is 0 Å². The van der Waals surface area contributed by atoms with Crippen LogP contribution in [0.25, 0.3) is 0 Å². The molecule has 7 nitrogen and oxygen atoms in total. The molecule has 1 aliphatic heterocycles. The first-order chi connectivity index (χ1) is 11.5. The molecule has 0 spiro atoms. The molecule has 1 aromatic carbocycles. The molecule has 0 atom stereocenters. The van der Waals surface area contributed by atoms with Crippen molar-refractivity contribution < 1.29 is 18.0 Å². The summed E-state index contributed by atoms with van der Waals surface area (Å²) in [5.74, 6) is -1.21. The van der Waals surface area contributed by atoms with Crippen LogP contribution < -0.4 is 4.72 Å². The number of rotatable bonds is 7. The van der Waals surface area contributed by atoms with Crippen LogP contribution >= 0.6 is 0 Å². The standard InChI is InChI=1S/C16H17N3O4S/c20-15-13-3-1-2-4-14(13)16(21)19(15)9-10-24(22,23)18-8-6-12-5-7-17-11-12/h1-5,7,11,17-18H,6,8-10H2. The second kappa shape index (κ2) is 6.58. The number of benzene rings is 1. The van der Waals surface area contributed by atoms with Gasteiger partial charge in [0.05, 0.1) is 16.9 Å². The minimum Gasteiger partial charge on any atom is -0.367 e. The van der Waals surface area contributed by atoms with Crippen LogP contribution in [0.1, 0.15) is 26.3 Å². The van der Waals surface area contributed by atoms with Crippen LogP contribution in [-0.4, -0.2) is 49.0 Å². The van der Waals surface area contributed by atoms with E-state index in [1.165, 1.54) is 0 Å². The number of nitrogens with one attached hydrogen (secondary N) is 2. The molecule has 0 saturated heterocycles. The van der Waals surface area contributed by atoms with Crippen LogP contribution in [0.15, 0.2) is 42.7 Å². The fraction of sp³-hybridized carbons (Fsp3) is 0.250. The number of hydrogen-bond acceptors (Lipinski definition) is 4. The Morgan fingerprint density at radius 1 is 1.04 bits per heavy atom. The number of fused-ring (bicyclic) bond motifs is 1. The third-order valence-electron chi connectivity index (χ3n) is 3.86. The zero-order valence-electron chi connectivity index (χ0n) is 12.9. The largest absolute Gasteiger partial charge is 0.367 e. The summed E-state index contributed by atoms with van der Waals surface area (Å²) < 4.78 is 26.5. The number of sulfonamides is 1. The summed E-state index contributed by atoms with van der Waals surface area (Å²) in [6.07, 6.45) is 4.13. The van der Waals surface area contributed by atoms with E-state index in [9.17, 15) is 18.0 Å². The normalized spacial score (nSPS) is 14.2. The zero-order valence-corrected chi connectivity index (χ0v) is 13.7. The molecule has 2 N–H and O–H groups in total. The van der Waals surface area contributed by atoms with Gasteiger partial charge < -0.3 is 4.98 Å². The van der Waals surface area contributed by atoms with Crippen molar-refractivity contribution in [2.45, 2.75) is 6.42 Å². The monoisotopic (exact) mass is 347 g/mol. The van der Waals surface area contributed by atoms with Crippen molar-refractivity contribution in [3.05, 3.63) is 59.4 Å². The van der Waals surface area contributed by atoms with Gasteiger partial charge >= 0.3 is 0 Å². The summed E-state index contributed by atoms with van der Waals surface area (Å²) in [7, 11) is -3.56. The van der Waals surface area contributed by atoms with E-state index in [0.717, 1.165) is 10.5 Å². The highest BCUT2D eigenvalue weighted by Crippen LogP contribution is 2.22. The third kappa shape index (κ3) is 3.39. The van der Waals surface area contributed by atoms with Crippen molar-refractivity contribution >= 4 is 21.8 Å². The van der Waals surface area contributed by atoms with E-state index < -0.39 is 21.8 Å². The van der Waals surface area contributed by atoms with Crippen molar-refractivity contribution in [1.29, 1.82) is 0 Å². The van der Waals surface area contributed by atoms with Gasteiger partial charge in [-0.2, -0.15) is 0 Å². The molecule has 0 radical (unpaired) electrons. The van der Waals surface area contributed by atoms with Gasteiger partial charge in [-0.15, -0.1) is 0 Å². The fourth-order valence-electron chi connectivity index (χ4n) is 2.59. The van der Waals surface area contributed by atoms with Gasteiger partial charge in [-0.3, -0.25) is 14.5 Å². The minimum absolute atomic E-state index is 0.161.